The quantitative estimate of drug-likeness (QED) is 0.578. The first kappa shape index (κ1) is 23.8. The highest BCUT2D eigenvalue weighted by molar-refractivity contribution is 5.91. The van der Waals surface area contributed by atoms with Gasteiger partial charge in [-0.15, -0.1) is 0 Å². The van der Waals surface area contributed by atoms with Gasteiger partial charge in [0, 0.05) is 24.2 Å². The lowest BCUT2D eigenvalue weighted by atomic mass is 9.74. The number of aromatic nitrogens is 2. The van der Waals surface area contributed by atoms with E-state index in [4.69, 9.17) is 0 Å². The predicted octanol–water partition coefficient (Wildman–Crippen LogP) is 4.97. The minimum atomic E-state index is -0.959. The number of carbonyl (C=O) groups excluding carboxylic acids is 1. The van der Waals surface area contributed by atoms with Crippen LogP contribution in [0.4, 0.5) is 19.3 Å². The summed E-state index contributed by atoms with van der Waals surface area (Å²) in [5.41, 5.74) is 2.15. The Morgan fingerprint density at radius 1 is 0.971 bits per heavy atom. The average molecular weight is 466 g/mol. The molecule has 2 aromatic carbocycles. The first-order valence-electron chi connectivity index (χ1n) is 11.3. The molecule has 3 aromatic rings. The van der Waals surface area contributed by atoms with Crippen LogP contribution in [-0.2, 0) is 5.54 Å². The zero-order valence-electron chi connectivity index (χ0n) is 19.6. The molecule has 178 valence electrons. The van der Waals surface area contributed by atoms with Crippen LogP contribution in [0.5, 0.6) is 0 Å². The molecule has 2 amide bonds. The summed E-state index contributed by atoms with van der Waals surface area (Å²) >= 11 is 0. The number of carbonyl (C=O) groups is 1. The Morgan fingerprint density at radius 2 is 1.62 bits per heavy atom. The standard InChI is InChI=1S/C26H29F2N5O/c1-32(2)26(19-7-5-4-6-8-19)13-11-20(12-14-26)31-25(34)33(3)21-16-29-24(30-17-21)18-9-10-22(27)23(28)15-18/h4-10,15-17,20H,11-14H2,1-3H3,(H,31,34). The van der Waals surface area contributed by atoms with Gasteiger partial charge in [0.25, 0.3) is 0 Å². The Kier molecular flexibility index (Phi) is 6.88. The van der Waals surface area contributed by atoms with Gasteiger partial charge >= 0.3 is 6.03 Å². The van der Waals surface area contributed by atoms with Gasteiger partial charge in [-0.1, -0.05) is 30.3 Å². The zero-order chi connectivity index (χ0) is 24.3. The maximum Gasteiger partial charge on any atom is 0.321 e. The molecule has 1 heterocycles. The lowest BCUT2D eigenvalue weighted by Crippen LogP contribution is -2.50. The Labute approximate surface area is 198 Å². The molecule has 1 saturated carbocycles. The molecule has 6 nitrogen and oxygen atoms in total. The van der Waals surface area contributed by atoms with Crippen LogP contribution in [0.15, 0.2) is 60.9 Å². The molecule has 0 saturated heterocycles. The molecule has 4 rings (SSSR count). The minimum Gasteiger partial charge on any atom is -0.335 e. The monoisotopic (exact) mass is 465 g/mol. The van der Waals surface area contributed by atoms with Crippen molar-refractivity contribution in [1.29, 1.82) is 0 Å². The highest BCUT2D eigenvalue weighted by atomic mass is 19.2. The van der Waals surface area contributed by atoms with E-state index in [2.05, 4.69) is 58.5 Å². The van der Waals surface area contributed by atoms with Crippen LogP contribution in [0.25, 0.3) is 11.4 Å². The molecular formula is C26H29F2N5O. The van der Waals surface area contributed by atoms with Crippen molar-refractivity contribution in [2.45, 2.75) is 37.3 Å². The van der Waals surface area contributed by atoms with Gasteiger partial charge in [-0.05, 0) is 63.5 Å². The number of hydrogen-bond acceptors (Lipinski definition) is 4. The van der Waals surface area contributed by atoms with Gasteiger partial charge in [-0.3, -0.25) is 9.80 Å². The zero-order valence-corrected chi connectivity index (χ0v) is 19.6. The second kappa shape index (κ2) is 9.85. The average Bonchev–Trinajstić information content (AvgIpc) is 2.86. The Hall–Kier alpha value is -3.39. The third kappa shape index (κ3) is 4.77. The van der Waals surface area contributed by atoms with Gasteiger partial charge in [0.15, 0.2) is 17.5 Å². The largest absolute Gasteiger partial charge is 0.335 e. The molecule has 0 unspecified atom stereocenters. The molecule has 1 N–H and O–H groups in total. The first-order valence-corrected chi connectivity index (χ1v) is 11.3. The number of amides is 2. The van der Waals surface area contributed by atoms with Gasteiger partial charge in [-0.2, -0.15) is 0 Å². The van der Waals surface area contributed by atoms with Crippen LogP contribution in [0.1, 0.15) is 31.2 Å². The number of hydrogen-bond donors (Lipinski definition) is 1. The number of urea groups is 1. The second-order valence-corrected chi connectivity index (χ2v) is 8.97. The third-order valence-electron chi connectivity index (χ3n) is 6.82. The van der Waals surface area contributed by atoms with Crippen LogP contribution in [0, 0.1) is 11.6 Å². The van der Waals surface area contributed by atoms with Gasteiger partial charge in [0.05, 0.1) is 18.1 Å². The highest BCUT2D eigenvalue weighted by Crippen LogP contribution is 2.41. The van der Waals surface area contributed by atoms with Gasteiger partial charge < -0.3 is 5.32 Å². The topological polar surface area (TPSA) is 61.4 Å². The number of halogens is 2. The molecule has 1 fully saturated rings. The van der Waals surface area contributed by atoms with Crippen LogP contribution >= 0.6 is 0 Å². The number of benzene rings is 2. The smallest absolute Gasteiger partial charge is 0.321 e. The molecule has 0 aliphatic heterocycles. The maximum atomic E-state index is 13.5. The summed E-state index contributed by atoms with van der Waals surface area (Å²) in [6, 6.07) is 13.9. The van der Waals surface area contributed by atoms with E-state index in [-0.39, 0.29) is 23.4 Å². The van der Waals surface area contributed by atoms with Crippen molar-refractivity contribution in [1.82, 2.24) is 20.2 Å². The molecule has 1 aliphatic carbocycles. The fourth-order valence-corrected chi connectivity index (χ4v) is 4.65. The molecular weight excluding hydrogens is 436 g/mol. The fraction of sp³-hybridized carbons (Fsp3) is 0.346. The van der Waals surface area contributed by atoms with Crippen molar-refractivity contribution >= 4 is 11.7 Å². The number of nitrogens with one attached hydrogen (secondary N) is 1. The number of rotatable bonds is 5. The lowest BCUT2D eigenvalue weighted by Gasteiger charge is -2.45. The van der Waals surface area contributed by atoms with E-state index in [9.17, 15) is 13.6 Å². The molecule has 34 heavy (non-hydrogen) atoms. The summed E-state index contributed by atoms with van der Waals surface area (Å²) in [4.78, 5) is 25.0. The lowest BCUT2D eigenvalue weighted by molar-refractivity contribution is 0.0872. The molecule has 1 aliphatic rings. The van der Waals surface area contributed by atoms with Gasteiger partial charge in [-0.25, -0.2) is 23.5 Å². The number of nitrogens with zero attached hydrogens (tertiary/aromatic N) is 4. The van der Waals surface area contributed by atoms with Crippen molar-refractivity contribution < 1.29 is 13.6 Å². The van der Waals surface area contributed by atoms with E-state index >= 15 is 0 Å². The van der Waals surface area contributed by atoms with Crippen molar-refractivity contribution in [2.24, 2.45) is 0 Å². The first-order chi connectivity index (χ1) is 16.3. The summed E-state index contributed by atoms with van der Waals surface area (Å²) in [5.74, 6) is -1.63. The summed E-state index contributed by atoms with van der Waals surface area (Å²) in [5, 5.41) is 3.13. The van der Waals surface area contributed by atoms with Crippen molar-refractivity contribution in [2.75, 3.05) is 26.0 Å². The van der Waals surface area contributed by atoms with Crippen molar-refractivity contribution in [3.8, 4) is 11.4 Å². The minimum absolute atomic E-state index is 0.0299. The SMILES string of the molecule is CN(C(=O)NC1CCC(c2ccccc2)(N(C)C)CC1)c1cnc(-c2ccc(F)c(F)c2)nc1. The second-order valence-electron chi connectivity index (χ2n) is 8.97. The van der Waals surface area contributed by atoms with E-state index in [1.807, 2.05) is 6.07 Å². The molecule has 8 heteroatoms. The van der Waals surface area contributed by atoms with Crippen molar-refractivity contribution in [3.63, 3.8) is 0 Å². The van der Waals surface area contributed by atoms with E-state index < -0.39 is 11.6 Å². The van der Waals surface area contributed by atoms with Gasteiger partial charge in [0.2, 0.25) is 0 Å². The van der Waals surface area contributed by atoms with Crippen LogP contribution < -0.4 is 10.2 Å². The predicted molar refractivity (Wildman–Crippen MR) is 128 cm³/mol. The summed E-state index contributed by atoms with van der Waals surface area (Å²) in [6.45, 7) is 0. The summed E-state index contributed by atoms with van der Waals surface area (Å²) < 4.78 is 26.7. The van der Waals surface area contributed by atoms with Gasteiger partial charge in [0.1, 0.15) is 0 Å². The number of anilines is 1. The van der Waals surface area contributed by atoms with Crippen LogP contribution in [-0.4, -0.2) is 48.1 Å². The Balaban J connectivity index is 1.38. The summed E-state index contributed by atoms with van der Waals surface area (Å²) in [7, 11) is 5.88. The summed E-state index contributed by atoms with van der Waals surface area (Å²) in [6.07, 6.45) is 6.64. The fourth-order valence-electron chi connectivity index (χ4n) is 4.65. The molecule has 0 radical (unpaired) electrons. The highest BCUT2D eigenvalue weighted by Gasteiger charge is 2.39. The third-order valence-corrected chi connectivity index (χ3v) is 6.82. The van der Waals surface area contributed by atoms with E-state index in [0.29, 0.717) is 11.3 Å². The Bertz CT molecular complexity index is 1130. The van der Waals surface area contributed by atoms with Crippen molar-refractivity contribution in [3.05, 3.63) is 78.1 Å². The molecule has 1 aromatic heterocycles. The Morgan fingerprint density at radius 3 is 2.21 bits per heavy atom. The normalized spacial score (nSPS) is 20.2. The van der Waals surface area contributed by atoms with E-state index in [1.165, 1.54) is 28.9 Å². The van der Waals surface area contributed by atoms with E-state index in [1.54, 1.807) is 7.05 Å². The molecule has 0 bridgehead atoms. The van der Waals surface area contributed by atoms with E-state index in [0.717, 1.165) is 37.8 Å². The molecule has 0 spiro atoms. The van der Waals surface area contributed by atoms with Crippen LogP contribution in [0.3, 0.4) is 0 Å². The molecule has 0 atom stereocenters. The van der Waals surface area contributed by atoms with Crippen LogP contribution in [0.2, 0.25) is 0 Å². The maximum absolute atomic E-state index is 13.5.